The number of thiophene rings is 1. The van der Waals surface area contributed by atoms with Crippen molar-refractivity contribution in [2.75, 3.05) is 12.3 Å². The van der Waals surface area contributed by atoms with Gasteiger partial charge in [-0.15, -0.1) is 11.3 Å². The molecule has 0 unspecified atom stereocenters. The minimum absolute atomic E-state index is 0.0953. The number of nitrogens with zero attached hydrogens (tertiary/aromatic N) is 2. The maximum atomic E-state index is 9.27. The van der Waals surface area contributed by atoms with Crippen LogP contribution in [0.3, 0.4) is 0 Å². The molecule has 0 fully saturated rings. The Morgan fingerprint density at radius 2 is 2.12 bits per heavy atom. The third-order valence-corrected chi connectivity index (χ3v) is 4.46. The van der Waals surface area contributed by atoms with Crippen molar-refractivity contribution in [3.05, 3.63) is 16.0 Å². The van der Waals surface area contributed by atoms with Crippen LogP contribution in [0.5, 0.6) is 0 Å². The van der Waals surface area contributed by atoms with Crippen LogP contribution < -0.4 is 5.73 Å². The molecule has 1 atom stereocenters. The van der Waals surface area contributed by atoms with Crippen molar-refractivity contribution in [3.63, 3.8) is 0 Å². The molecule has 1 aromatic rings. The fraction of sp³-hybridized carbons (Fsp3) is 0.538. The number of hydrogen-bond acceptors (Lipinski definition) is 4. The van der Waals surface area contributed by atoms with Gasteiger partial charge in [0.15, 0.2) is 0 Å². The smallest absolute Gasteiger partial charge is 0.105 e. The van der Waals surface area contributed by atoms with Crippen molar-refractivity contribution in [1.29, 1.82) is 5.26 Å². The quantitative estimate of drug-likeness (QED) is 0.765. The van der Waals surface area contributed by atoms with Crippen molar-refractivity contribution in [3.8, 4) is 6.07 Å². The van der Waals surface area contributed by atoms with Gasteiger partial charge in [0.1, 0.15) is 11.1 Å². The second-order valence-corrected chi connectivity index (χ2v) is 6.59. The molecule has 0 radical (unpaired) electrons. The van der Waals surface area contributed by atoms with Gasteiger partial charge in [-0.2, -0.15) is 5.26 Å². The van der Waals surface area contributed by atoms with Gasteiger partial charge in [0, 0.05) is 18.2 Å². The highest BCUT2D eigenvalue weighted by Crippen LogP contribution is 2.45. The van der Waals surface area contributed by atoms with Crippen molar-refractivity contribution in [2.24, 2.45) is 10.4 Å². The SMILES string of the molecule is CC1=NC[C@@H](C(C)(C)C)c2c1sc(N)c2C#N. The summed E-state index contributed by atoms with van der Waals surface area (Å²) in [4.78, 5) is 5.67. The predicted octanol–water partition coefficient (Wildman–Crippen LogP) is 3.15. The zero-order valence-electron chi connectivity index (χ0n) is 10.7. The Morgan fingerprint density at radius 1 is 1.47 bits per heavy atom. The molecule has 2 N–H and O–H groups in total. The van der Waals surface area contributed by atoms with Crippen LogP contribution >= 0.6 is 11.3 Å². The lowest BCUT2D eigenvalue weighted by molar-refractivity contribution is 0.324. The first kappa shape index (κ1) is 12.1. The summed E-state index contributed by atoms with van der Waals surface area (Å²) in [6, 6.07) is 2.26. The van der Waals surface area contributed by atoms with Crippen LogP contribution in [0, 0.1) is 16.7 Å². The maximum Gasteiger partial charge on any atom is 0.105 e. The molecule has 2 heterocycles. The molecule has 1 aliphatic heterocycles. The van der Waals surface area contributed by atoms with Gasteiger partial charge in [-0.1, -0.05) is 20.8 Å². The minimum atomic E-state index is 0.0953. The Bertz CT molecular complexity index is 526. The van der Waals surface area contributed by atoms with E-state index in [9.17, 15) is 5.26 Å². The molecular formula is C13H17N3S. The van der Waals surface area contributed by atoms with Crippen molar-refractivity contribution < 1.29 is 0 Å². The number of rotatable bonds is 0. The Kier molecular flexibility index (Phi) is 2.75. The summed E-state index contributed by atoms with van der Waals surface area (Å²) >= 11 is 1.49. The first-order valence-electron chi connectivity index (χ1n) is 5.70. The third-order valence-electron chi connectivity index (χ3n) is 3.32. The maximum absolute atomic E-state index is 9.27. The summed E-state index contributed by atoms with van der Waals surface area (Å²) in [6.45, 7) is 9.31. The van der Waals surface area contributed by atoms with Gasteiger partial charge in [0.2, 0.25) is 0 Å². The lowest BCUT2D eigenvalue weighted by Gasteiger charge is -2.32. The number of nitrogen functional groups attached to an aromatic ring is 1. The molecule has 90 valence electrons. The Morgan fingerprint density at radius 3 is 2.65 bits per heavy atom. The molecule has 1 aromatic heterocycles. The topological polar surface area (TPSA) is 62.2 Å². The van der Waals surface area contributed by atoms with Gasteiger partial charge in [-0.3, -0.25) is 4.99 Å². The number of aliphatic imine (C=N–C) groups is 1. The van der Waals surface area contributed by atoms with E-state index in [4.69, 9.17) is 5.73 Å². The molecule has 0 spiro atoms. The molecule has 0 amide bonds. The van der Waals surface area contributed by atoms with Gasteiger partial charge in [0.25, 0.3) is 0 Å². The largest absolute Gasteiger partial charge is 0.389 e. The monoisotopic (exact) mass is 247 g/mol. The van der Waals surface area contributed by atoms with Gasteiger partial charge in [-0.25, -0.2) is 0 Å². The van der Waals surface area contributed by atoms with E-state index in [0.29, 0.717) is 10.6 Å². The third kappa shape index (κ3) is 1.85. The minimum Gasteiger partial charge on any atom is -0.389 e. The normalized spacial score (nSPS) is 19.5. The predicted molar refractivity (Wildman–Crippen MR) is 72.7 cm³/mol. The summed E-state index contributed by atoms with van der Waals surface area (Å²) in [5, 5.41) is 9.90. The van der Waals surface area contributed by atoms with E-state index in [1.54, 1.807) is 0 Å². The van der Waals surface area contributed by atoms with Crippen LogP contribution in [0.25, 0.3) is 0 Å². The van der Waals surface area contributed by atoms with E-state index in [0.717, 1.165) is 22.7 Å². The number of fused-ring (bicyclic) bond motifs is 1. The molecule has 0 bridgehead atoms. The number of hydrogen-bond donors (Lipinski definition) is 1. The molecule has 1 aliphatic rings. The molecular weight excluding hydrogens is 230 g/mol. The highest BCUT2D eigenvalue weighted by Gasteiger charge is 2.35. The fourth-order valence-electron chi connectivity index (χ4n) is 2.28. The zero-order chi connectivity index (χ0) is 12.8. The lowest BCUT2D eigenvalue weighted by Crippen LogP contribution is -2.26. The van der Waals surface area contributed by atoms with Gasteiger partial charge in [-0.05, 0) is 17.9 Å². The number of anilines is 1. The second kappa shape index (κ2) is 3.85. The Labute approximate surface area is 106 Å². The molecule has 3 nitrogen and oxygen atoms in total. The van der Waals surface area contributed by atoms with Crippen molar-refractivity contribution >= 4 is 22.0 Å². The first-order valence-corrected chi connectivity index (χ1v) is 6.51. The van der Waals surface area contributed by atoms with E-state index in [1.165, 1.54) is 11.3 Å². The highest BCUT2D eigenvalue weighted by molar-refractivity contribution is 7.18. The molecule has 0 aliphatic carbocycles. The summed E-state index contributed by atoms with van der Waals surface area (Å²) in [5.74, 6) is 0.282. The van der Waals surface area contributed by atoms with E-state index in [2.05, 4.69) is 31.8 Å². The molecule has 17 heavy (non-hydrogen) atoms. The molecule has 0 aromatic carbocycles. The molecule has 0 saturated carbocycles. The molecule has 4 heteroatoms. The van der Waals surface area contributed by atoms with Crippen LogP contribution in [-0.4, -0.2) is 12.3 Å². The van der Waals surface area contributed by atoms with E-state index in [-0.39, 0.29) is 11.3 Å². The average molecular weight is 247 g/mol. The molecule has 2 rings (SSSR count). The van der Waals surface area contributed by atoms with E-state index >= 15 is 0 Å². The number of nitriles is 1. The second-order valence-electron chi connectivity index (χ2n) is 5.54. The number of nitrogens with two attached hydrogens (primary N) is 1. The van der Waals surface area contributed by atoms with Gasteiger partial charge >= 0.3 is 0 Å². The molecule has 0 saturated heterocycles. The summed E-state index contributed by atoms with van der Waals surface area (Å²) in [5.41, 5.74) is 8.83. The standard InChI is InChI=1S/C13H17N3S/c1-7-11-10(8(5-14)12(15)17-11)9(6-16-7)13(2,3)4/h9H,6,15H2,1-4H3/t9-/m1/s1. The van der Waals surface area contributed by atoms with Crippen molar-refractivity contribution in [1.82, 2.24) is 0 Å². The fourth-order valence-corrected chi connectivity index (χ4v) is 3.32. The van der Waals surface area contributed by atoms with Crippen molar-refractivity contribution in [2.45, 2.75) is 33.6 Å². The highest BCUT2D eigenvalue weighted by atomic mass is 32.1. The Balaban J connectivity index is 2.68. The van der Waals surface area contributed by atoms with Crippen LogP contribution in [0.4, 0.5) is 5.00 Å². The lowest BCUT2D eigenvalue weighted by atomic mass is 9.74. The first-order chi connectivity index (χ1) is 7.86. The van der Waals surface area contributed by atoms with Gasteiger partial charge in [0.05, 0.1) is 10.4 Å². The summed E-state index contributed by atoms with van der Waals surface area (Å²) in [6.07, 6.45) is 0. The van der Waals surface area contributed by atoms with Gasteiger partial charge < -0.3 is 5.73 Å². The van der Waals surface area contributed by atoms with Crippen LogP contribution in [0.2, 0.25) is 0 Å². The van der Waals surface area contributed by atoms with Crippen LogP contribution in [0.15, 0.2) is 4.99 Å². The van der Waals surface area contributed by atoms with E-state index < -0.39 is 0 Å². The Hall–Kier alpha value is -1.34. The van der Waals surface area contributed by atoms with Crippen LogP contribution in [-0.2, 0) is 0 Å². The average Bonchev–Trinajstić information content (AvgIpc) is 2.54. The summed E-state index contributed by atoms with van der Waals surface area (Å²) < 4.78 is 0. The zero-order valence-corrected chi connectivity index (χ0v) is 11.5. The van der Waals surface area contributed by atoms with E-state index in [1.807, 2.05) is 6.92 Å². The summed E-state index contributed by atoms with van der Waals surface area (Å²) in [7, 11) is 0. The van der Waals surface area contributed by atoms with Crippen LogP contribution in [0.1, 0.15) is 49.6 Å².